The zero-order valence-corrected chi connectivity index (χ0v) is 15.1. The molecular formula is C18H20ClNO5. The second-order valence-corrected chi connectivity index (χ2v) is 5.44. The van der Waals surface area contributed by atoms with Gasteiger partial charge >= 0.3 is 0 Å². The van der Waals surface area contributed by atoms with E-state index in [0.717, 1.165) is 5.56 Å². The number of methoxy groups -OCH3 is 3. The van der Waals surface area contributed by atoms with Gasteiger partial charge in [-0.2, -0.15) is 0 Å². The van der Waals surface area contributed by atoms with Crippen LogP contribution in [0.2, 0.25) is 5.02 Å². The van der Waals surface area contributed by atoms with Crippen molar-refractivity contribution in [2.45, 2.75) is 6.54 Å². The molecular weight excluding hydrogens is 346 g/mol. The summed E-state index contributed by atoms with van der Waals surface area (Å²) in [7, 11) is 4.61. The fraction of sp³-hybridized carbons (Fsp3) is 0.278. The summed E-state index contributed by atoms with van der Waals surface area (Å²) >= 11 is 5.98. The van der Waals surface area contributed by atoms with Gasteiger partial charge < -0.3 is 24.3 Å². The predicted molar refractivity (Wildman–Crippen MR) is 94.9 cm³/mol. The summed E-state index contributed by atoms with van der Waals surface area (Å²) in [5.41, 5.74) is 0.806. The number of nitrogens with one attached hydrogen (secondary N) is 1. The third kappa shape index (κ3) is 4.93. The van der Waals surface area contributed by atoms with Gasteiger partial charge in [0.25, 0.3) is 5.91 Å². The number of benzene rings is 2. The van der Waals surface area contributed by atoms with Crippen molar-refractivity contribution in [3.8, 4) is 23.0 Å². The van der Waals surface area contributed by atoms with Crippen LogP contribution in [-0.4, -0.2) is 33.8 Å². The maximum atomic E-state index is 12.0. The van der Waals surface area contributed by atoms with E-state index in [4.69, 9.17) is 30.5 Å². The summed E-state index contributed by atoms with van der Waals surface area (Å²) in [6, 6.07) is 10.5. The van der Waals surface area contributed by atoms with Gasteiger partial charge in [0.2, 0.25) is 5.75 Å². The highest BCUT2D eigenvalue weighted by molar-refractivity contribution is 6.32. The molecule has 0 aromatic heterocycles. The van der Waals surface area contributed by atoms with Crippen molar-refractivity contribution in [3.05, 3.63) is 47.0 Å². The maximum Gasteiger partial charge on any atom is 0.258 e. The van der Waals surface area contributed by atoms with E-state index in [-0.39, 0.29) is 12.5 Å². The fourth-order valence-corrected chi connectivity index (χ4v) is 2.38. The highest BCUT2D eigenvalue weighted by atomic mass is 35.5. The minimum Gasteiger partial charge on any atom is -0.493 e. The van der Waals surface area contributed by atoms with E-state index in [1.54, 1.807) is 36.4 Å². The lowest BCUT2D eigenvalue weighted by Crippen LogP contribution is -2.28. The number of amides is 1. The lowest BCUT2D eigenvalue weighted by Gasteiger charge is -2.14. The molecule has 0 saturated carbocycles. The normalized spacial score (nSPS) is 10.1. The van der Waals surface area contributed by atoms with E-state index >= 15 is 0 Å². The van der Waals surface area contributed by atoms with E-state index in [9.17, 15) is 4.79 Å². The van der Waals surface area contributed by atoms with Gasteiger partial charge in [-0.15, -0.1) is 0 Å². The summed E-state index contributed by atoms with van der Waals surface area (Å²) in [4.78, 5) is 12.0. The molecule has 6 nitrogen and oxygen atoms in total. The molecule has 0 saturated heterocycles. The number of rotatable bonds is 8. The first-order chi connectivity index (χ1) is 12.1. The lowest BCUT2D eigenvalue weighted by molar-refractivity contribution is -0.123. The number of para-hydroxylation sites is 1. The molecule has 1 amide bonds. The van der Waals surface area contributed by atoms with Crippen LogP contribution in [-0.2, 0) is 11.3 Å². The Morgan fingerprint density at radius 3 is 2.20 bits per heavy atom. The molecule has 25 heavy (non-hydrogen) atoms. The molecule has 0 radical (unpaired) electrons. The van der Waals surface area contributed by atoms with Gasteiger partial charge in [0.05, 0.1) is 26.4 Å². The molecule has 2 rings (SSSR count). The van der Waals surface area contributed by atoms with Gasteiger partial charge in [0, 0.05) is 6.54 Å². The number of carbonyl (C=O) groups excluding carboxylic acids is 1. The van der Waals surface area contributed by atoms with Crippen LogP contribution in [0.4, 0.5) is 0 Å². The van der Waals surface area contributed by atoms with Crippen molar-refractivity contribution in [3.63, 3.8) is 0 Å². The van der Waals surface area contributed by atoms with E-state index in [1.807, 2.05) is 0 Å². The Kier molecular flexibility index (Phi) is 6.77. The molecule has 0 atom stereocenters. The number of ether oxygens (including phenoxy) is 4. The van der Waals surface area contributed by atoms with Gasteiger partial charge in [0.15, 0.2) is 18.1 Å². The van der Waals surface area contributed by atoms with Crippen LogP contribution < -0.4 is 24.3 Å². The molecule has 0 spiro atoms. The molecule has 2 aromatic carbocycles. The van der Waals surface area contributed by atoms with Crippen LogP contribution >= 0.6 is 11.6 Å². The van der Waals surface area contributed by atoms with Crippen LogP contribution in [0.15, 0.2) is 36.4 Å². The monoisotopic (exact) mass is 365 g/mol. The lowest BCUT2D eigenvalue weighted by atomic mass is 10.1. The molecule has 7 heteroatoms. The molecule has 1 N–H and O–H groups in total. The Bertz CT molecular complexity index is 710. The molecule has 0 heterocycles. The standard InChI is InChI=1S/C18H20ClNO5/c1-22-15-8-12(9-16(23-2)18(15)24-3)10-20-17(21)11-25-14-7-5-4-6-13(14)19/h4-9H,10-11H2,1-3H3,(H,20,21). The molecule has 0 unspecified atom stereocenters. The Morgan fingerprint density at radius 2 is 1.64 bits per heavy atom. The highest BCUT2D eigenvalue weighted by Crippen LogP contribution is 2.38. The van der Waals surface area contributed by atoms with Crippen LogP contribution in [0.3, 0.4) is 0 Å². The summed E-state index contributed by atoms with van der Waals surface area (Å²) in [6.45, 7) is 0.162. The molecule has 0 fully saturated rings. The minimum absolute atomic E-state index is 0.131. The second kappa shape index (κ2) is 9.03. The molecule has 0 aliphatic carbocycles. The maximum absolute atomic E-state index is 12.0. The van der Waals surface area contributed by atoms with Gasteiger partial charge in [-0.1, -0.05) is 23.7 Å². The second-order valence-electron chi connectivity index (χ2n) is 5.03. The van der Waals surface area contributed by atoms with Gasteiger partial charge in [0.1, 0.15) is 5.75 Å². The molecule has 2 aromatic rings. The number of halogens is 1. The molecule has 0 bridgehead atoms. The average Bonchev–Trinajstić information content (AvgIpc) is 2.64. The summed E-state index contributed by atoms with van der Waals surface area (Å²) in [6.07, 6.45) is 0. The topological polar surface area (TPSA) is 66.0 Å². The zero-order chi connectivity index (χ0) is 18.2. The van der Waals surface area contributed by atoms with E-state index in [2.05, 4.69) is 5.32 Å². The smallest absolute Gasteiger partial charge is 0.258 e. The SMILES string of the molecule is COc1cc(CNC(=O)COc2ccccc2Cl)cc(OC)c1OC. The van der Waals surface area contributed by atoms with Crippen molar-refractivity contribution in [2.24, 2.45) is 0 Å². The number of carbonyl (C=O) groups is 1. The van der Waals surface area contributed by atoms with E-state index in [1.165, 1.54) is 21.3 Å². The summed E-state index contributed by atoms with van der Waals surface area (Å²) in [5.74, 6) is 1.75. The number of hydrogen-bond donors (Lipinski definition) is 1. The quantitative estimate of drug-likeness (QED) is 0.778. The Morgan fingerprint density at radius 1 is 1.00 bits per heavy atom. The zero-order valence-electron chi connectivity index (χ0n) is 14.3. The molecule has 134 valence electrons. The average molecular weight is 366 g/mol. The Balaban J connectivity index is 1.96. The van der Waals surface area contributed by atoms with Crippen LogP contribution in [0.5, 0.6) is 23.0 Å². The van der Waals surface area contributed by atoms with Crippen LogP contribution in [0, 0.1) is 0 Å². The summed E-state index contributed by atoms with van der Waals surface area (Å²) < 4.78 is 21.2. The van der Waals surface area contributed by atoms with Crippen LogP contribution in [0.25, 0.3) is 0 Å². The Hall–Kier alpha value is -2.60. The first kappa shape index (κ1) is 18.7. The van der Waals surface area contributed by atoms with Crippen molar-refractivity contribution in [1.82, 2.24) is 5.32 Å². The summed E-state index contributed by atoms with van der Waals surface area (Å²) in [5, 5.41) is 3.23. The predicted octanol–water partition coefficient (Wildman–Crippen LogP) is 3.06. The molecule has 0 aliphatic heterocycles. The third-order valence-corrected chi connectivity index (χ3v) is 3.72. The van der Waals surface area contributed by atoms with Crippen LogP contribution in [0.1, 0.15) is 5.56 Å². The highest BCUT2D eigenvalue weighted by Gasteiger charge is 2.13. The first-order valence-corrected chi connectivity index (χ1v) is 7.89. The fourth-order valence-electron chi connectivity index (χ4n) is 2.19. The van der Waals surface area contributed by atoms with Crippen molar-refractivity contribution in [1.29, 1.82) is 0 Å². The minimum atomic E-state index is -0.270. The van der Waals surface area contributed by atoms with Crippen molar-refractivity contribution in [2.75, 3.05) is 27.9 Å². The van der Waals surface area contributed by atoms with E-state index < -0.39 is 0 Å². The van der Waals surface area contributed by atoms with Gasteiger partial charge in [-0.05, 0) is 29.8 Å². The van der Waals surface area contributed by atoms with Crippen molar-refractivity contribution < 1.29 is 23.7 Å². The first-order valence-electron chi connectivity index (χ1n) is 7.52. The van der Waals surface area contributed by atoms with Gasteiger partial charge in [-0.25, -0.2) is 0 Å². The number of hydrogen-bond acceptors (Lipinski definition) is 5. The Labute approximate surface area is 151 Å². The van der Waals surface area contributed by atoms with Crippen molar-refractivity contribution >= 4 is 17.5 Å². The van der Waals surface area contributed by atoms with E-state index in [0.29, 0.717) is 34.6 Å². The molecule has 0 aliphatic rings. The largest absolute Gasteiger partial charge is 0.493 e. The third-order valence-electron chi connectivity index (χ3n) is 3.41. The van der Waals surface area contributed by atoms with Gasteiger partial charge in [-0.3, -0.25) is 4.79 Å².